The predicted molar refractivity (Wildman–Crippen MR) is 109 cm³/mol. The maximum atomic E-state index is 13.1. The molecule has 0 bridgehead atoms. The van der Waals surface area contributed by atoms with Crippen LogP contribution in [-0.2, 0) is 19.7 Å². The number of amides is 1. The molecule has 29 heavy (non-hydrogen) atoms. The number of rotatable bonds is 4. The summed E-state index contributed by atoms with van der Waals surface area (Å²) in [4.78, 5) is 15.9. The molecule has 0 unspecified atom stereocenters. The summed E-state index contributed by atoms with van der Waals surface area (Å²) < 4.78 is 56.4. The molecular formula is C17H19ClN2O6S3. The molecule has 2 saturated heterocycles. The van der Waals surface area contributed by atoms with Crippen molar-refractivity contribution in [3.63, 3.8) is 0 Å². The Kier molecular flexibility index (Phi) is 5.53. The second-order valence-electron chi connectivity index (χ2n) is 7.09. The summed E-state index contributed by atoms with van der Waals surface area (Å²) in [5, 5.41) is -1.05. The van der Waals surface area contributed by atoms with Gasteiger partial charge in [-0.05, 0) is 24.3 Å². The number of halogens is 1. The minimum atomic E-state index is -3.84. The molecule has 0 radical (unpaired) electrons. The third-order valence-corrected chi connectivity index (χ3v) is 11.2. The predicted octanol–water partition coefficient (Wildman–Crippen LogP) is 1.39. The molecule has 4 rings (SSSR count). The van der Waals surface area contributed by atoms with Gasteiger partial charge in [0.05, 0.1) is 27.4 Å². The van der Waals surface area contributed by atoms with E-state index in [0.29, 0.717) is 30.5 Å². The van der Waals surface area contributed by atoms with Crippen LogP contribution in [0.15, 0.2) is 39.2 Å². The minimum absolute atomic E-state index is 0.0845. The number of carbonyl (C=O) groups is 1. The highest BCUT2D eigenvalue weighted by Crippen LogP contribution is 2.34. The Labute approximate surface area is 177 Å². The summed E-state index contributed by atoms with van der Waals surface area (Å²) in [6, 6.07) is 5.50. The summed E-state index contributed by atoms with van der Waals surface area (Å²) in [7, 11) is -7.32. The van der Waals surface area contributed by atoms with Crippen LogP contribution in [0.25, 0.3) is 0 Å². The molecule has 4 heterocycles. The van der Waals surface area contributed by atoms with Crippen LogP contribution < -0.4 is 0 Å². The van der Waals surface area contributed by atoms with Gasteiger partial charge in [0.25, 0.3) is 5.91 Å². The Morgan fingerprint density at radius 3 is 2.45 bits per heavy atom. The fourth-order valence-electron chi connectivity index (χ4n) is 3.85. The molecule has 158 valence electrons. The average molecular weight is 479 g/mol. The first-order chi connectivity index (χ1) is 13.7. The molecule has 2 atom stereocenters. The lowest BCUT2D eigenvalue weighted by Gasteiger charge is -2.38. The first-order valence-corrected chi connectivity index (χ1v) is 13.5. The molecule has 1 amide bonds. The van der Waals surface area contributed by atoms with Crippen LogP contribution in [0.3, 0.4) is 0 Å². The van der Waals surface area contributed by atoms with Crippen molar-refractivity contribution < 1.29 is 26.0 Å². The van der Waals surface area contributed by atoms with Crippen molar-refractivity contribution in [3.05, 3.63) is 40.6 Å². The molecular weight excluding hydrogens is 460 g/mol. The van der Waals surface area contributed by atoms with Gasteiger partial charge in [-0.2, -0.15) is 0 Å². The van der Waals surface area contributed by atoms with E-state index in [1.165, 1.54) is 18.4 Å². The molecule has 8 nitrogen and oxygen atoms in total. The van der Waals surface area contributed by atoms with Crippen molar-refractivity contribution in [3.8, 4) is 0 Å². The molecule has 2 aliphatic rings. The van der Waals surface area contributed by atoms with Crippen LogP contribution in [0.4, 0.5) is 0 Å². The van der Waals surface area contributed by atoms with Gasteiger partial charge >= 0.3 is 0 Å². The molecule has 2 fully saturated rings. The number of sulfone groups is 2. The number of carbonyl (C=O) groups excluding carboxylic acids is 1. The van der Waals surface area contributed by atoms with Gasteiger partial charge in [-0.15, -0.1) is 11.3 Å². The topological polar surface area (TPSA) is 105 Å². The fourth-order valence-corrected chi connectivity index (χ4v) is 10.4. The van der Waals surface area contributed by atoms with E-state index in [-0.39, 0.29) is 21.6 Å². The number of hydrogen-bond acceptors (Lipinski definition) is 8. The molecule has 2 aromatic rings. The second-order valence-corrected chi connectivity index (χ2v) is 13.4. The third-order valence-electron chi connectivity index (χ3n) is 5.30. The third kappa shape index (κ3) is 4.11. The van der Waals surface area contributed by atoms with Crippen LogP contribution in [0, 0.1) is 0 Å². The van der Waals surface area contributed by atoms with Gasteiger partial charge in [0, 0.05) is 32.2 Å². The van der Waals surface area contributed by atoms with Gasteiger partial charge in [-0.25, -0.2) is 16.8 Å². The molecule has 0 saturated carbocycles. The Bertz CT molecular complexity index is 1100. The van der Waals surface area contributed by atoms with Crippen LogP contribution in [0.2, 0.25) is 4.34 Å². The summed E-state index contributed by atoms with van der Waals surface area (Å²) in [5.74, 6) is -0.591. The van der Waals surface area contributed by atoms with Crippen molar-refractivity contribution in [2.45, 2.75) is 15.5 Å². The molecule has 0 aromatic carbocycles. The number of piperazine rings is 1. The highest BCUT2D eigenvalue weighted by atomic mass is 35.5. The SMILES string of the molecule is O=C(c1ccco1)N1CCN([C@H]2CS(=O)(=O)C[C@@H]2S(=O)(=O)c2ccc(Cl)s2)CC1. The molecule has 2 aromatic heterocycles. The van der Waals surface area contributed by atoms with Gasteiger partial charge in [0.1, 0.15) is 4.21 Å². The van der Waals surface area contributed by atoms with E-state index in [0.717, 1.165) is 11.3 Å². The van der Waals surface area contributed by atoms with E-state index in [4.69, 9.17) is 16.0 Å². The lowest BCUT2D eigenvalue weighted by Crippen LogP contribution is -2.55. The zero-order valence-corrected chi connectivity index (χ0v) is 18.4. The number of thiophene rings is 1. The van der Waals surface area contributed by atoms with Crippen molar-refractivity contribution in [1.82, 2.24) is 9.80 Å². The zero-order chi connectivity index (χ0) is 20.8. The van der Waals surface area contributed by atoms with Crippen molar-refractivity contribution >= 4 is 48.5 Å². The number of nitrogens with zero attached hydrogens (tertiary/aromatic N) is 2. The van der Waals surface area contributed by atoms with Crippen molar-refractivity contribution in [2.75, 3.05) is 37.7 Å². The molecule has 0 N–H and O–H groups in total. The van der Waals surface area contributed by atoms with Crippen molar-refractivity contribution in [2.24, 2.45) is 0 Å². The van der Waals surface area contributed by atoms with Gasteiger partial charge in [0.15, 0.2) is 25.4 Å². The summed E-state index contributed by atoms with van der Waals surface area (Å²) >= 11 is 6.82. The Balaban J connectivity index is 1.52. The van der Waals surface area contributed by atoms with Gasteiger partial charge < -0.3 is 9.32 Å². The smallest absolute Gasteiger partial charge is 0.289 e. The molecule has 12 heteroatoms. The van der Waals surface area contributed by atoms with E-state index in [1.807, 2.05) is 4.90 Å². The quantitative estimate of drug-likeness (QED) is 0.653. The minimum Gasteiger partial charge on any atom is -0.459 e. The van der Waals surface area contributed by atoms with Crippen LogP contribution in [0.5, 0.6) is 0 Å². The maximum absolute atomic E-state index is 13.1. The first kappa shape index (κ1) is 20.9. The number of furan rings is 1. The summed E-state index contributed by atoms with van der Waals surface area (Å²) in [5.41, 5.74) is 0. The molecule has 0 aliphatic carbocycles. The van der Waals surface area contributed by atoms with E-state index >= 15 is 0 Å². The van der Waals surface area contributed by atoms with Gasteiger partial charge in [-0.3, -0.25) is 9.69 Å². The Hall–Kier alpha value is -1.40. The van der Waals surface area contributed by atoms with Crippen LogP contribution >= 0.6 is 22.9 Å². The summed E-state index contributed by atoms with van der Waals surface area (Å²) in [6.07, 6.45) is 1.43. The first-order valence-electron chi connectivity index (χ1n) is 8.94. The second kappa shape index (κ2) is 7.69. The largest absolute Gasteiger partial charge is 0.459 e. The monoisotopic (exact) mass is 478 g/mol. The normalized spacial score (nSPS) is 25.3. The highest BCUT2D eigenvalue weighted by molar-refractivity contribution is 7.97. The molecule has 0 spiro atoms. The highest BCUT2D eigenvalue weighted by Gasteiger charge is 2.49. The van der Waals surface area contributed by atoms with Crippen LogP contribution in [0.1, 0.15) is 10.6 Å². The Morgan fingerprint density at radius 1 is 1.14 bits per heavy atom. The van der Waals surface area contributed by atoms with Crippen LogP contribution in [-0.4, -0.2) is 81.5 Å². The van der Waals surface area contributed by atoms with E-state index in [1.54, 1.807) is 17.0 Å². The fraction of sp³-hybridized carbons (Fsp3) is 0.471. The summed E-state index contributed by atoms with van der Waals surface area (Å²) in [6.45, 7) is 1.52. The Morgan fingerprint density at radius 2 is 1.86 bits per heavy atom. The van der Waals surface area contributed by atoms with E-state index in [9.17, 15) is 21.6 Å². The number of hydrogen-bond donors (Lipinski definition) is 0. The molecule has 2 aliphatic heterocycles. The lowest BCUT2D eigenvalue weighted by atomic mass is 10.2. The lowest BCUT2D eigenvalue weighted by molar-refractivity contribution is 0.0560. The zero-order valence-electron chi connectivity index (χ0n) is 15.2. The van der Waals surface area contributed by atoms with Crippen molar-refractivity contribution in [1.29, 1.82) is 0 Å². The van der Waals surface area contributed by atoms with Gasteiger partial charge in [-0.1, -0.05) is 11.6 Å². The van der Waals surface area contributed by atoms with Gasteiger partial charge in [0.2, 0.25) is 0 Å². The standard InChI is InChI=1S/C17H19ClN2O6S3/c18-15-3-4-16(27-15)29(24,25)14-11-28(22,23)10-12(14)19-5-7-20(8-6-19)17(21)13-2-1-9-26-13/h1-4,9,12,14H,5-8,10-11H2/t12-,14-/m0/s1. The van der Waals surface area contributed by atoms with E-state index < -0.39 is 36.7 Å². The maximum Gasteiger partial charge on any atom is 0.289 e. The average Bonchev–Trinajstić information content (AvgIpc) is 3.41. The van der Waals surface area contributed by atoms with E-state index in [2.05, 4.69) is 0 Å².